The van der Waals surface area contributed by atoms with Gasteiger partial charge in [0.05, 0.1) is 6.04 Å². The minimum atomic E-state index is 0.0348. The second-order valence-electron chi connectivity index (χ2n) is 5.86. The molecule has 3 heteroatoms. The summed E-state index contributed by atoms with van der Waals surface area (Å²) in [4.78, 5) is 12.4. The van der Waals surface area contributed by atoms with E-state index in [1.54, 1.807) is 0 Å². The predicted molar refractivity (Wildman–Crippen MR) is 88.5 cm³/mol. The number of nitrogens with one attached hydrogen (secondary N) is 2. The zero-order valence-corrected chi connectivity index (χ0v) is 12.9. The summed E-state index contributed by atoms with van der Waals surface area (Å²) in [7, 11) is 0. The smallest absolute Gasteiger partial charge is 0.222 e. The van der Waals surface area contributed by atoms with Gasteiger partial charge in [0.1, 0.15) is 0 Å². The second kappa shape index (κ2) is 6.75. The number of benzene rings is 2. The molecule has 0 fully saturated rings. The average Bonchev–Trinajstić information content (AvgIpc) is 2.56. The first-order valence-corrected chi connectivity index (χ1v) is 7.89. The molecule has 0 saturated carbocycles. The lowest BCUT2D eigenvalue weighted by Crippen LogP contribution is -2.35. The second-order valence-corrected chi connectivity index (χ2v) is 5.86. The highest BCUT2D eigenvalue weighted by molar-refractivity contribution is 5.77. The Morgan fingerprint density at radius 2 is 1.91 bits per heavy atom. The SMILES string of the molecule is CC(NC(=O)CC1NCCc2ccccc21)c1ccccc1. The topological polar surface area (TPSA) is 41.1 Å². The Balaban J connectivity index is 1.63. The van der Waals surface area contributed by atoms with Crippen molar-refractivity contribution in [3.8, 4) is 0 Å². The lowest BCUT2D eigenvalue weighted by Gasteiger charge is -2.27. The van der Waals surface area contributed by atoms with Crippen LogP contribution in [-0.2, 0) is 11.2 Å². The van der Waals surface area contributed by atoms with Crippen LogP contribution in [-0.4, -0.2) is 12.5 Å². The van der Waals surface area contributed by atoms with Crippen molar-refractivity contribution in [3.05, 3.63) is 71.3 Å². The number of carbonyl (C=O) groups is 1. The van der Waals surface area contributed by atoms with Gasteiger partial charge in [0.15, 0.2) is 0 Å². The van der Waals surface area contributed by atoms with Crippen LogP contribution in [0.2, 0.25) is 0 Å². The van der Waals surface area contributed by atoms with Gasteiger partial charge in [0.2, 0.25) is 5.91 Å². The Labute approximate surface area is 131 Å². The van der Waals surface area contributed by atoms with E-state index in [0.717, 1.165) is 18.5 Å². The van der Waals surface area contributed by atoms with Crippen LogP contribution in [0.4, 0.5) is 0 Å². The molecule has 114 valence electrons. The Morgan fingerprint density at radius 1 is 1.18 bits per heavy atom. The number of amides is 1. The molecule has 3 nitrogen and oxygen atoms in total. The normalized spacial score (nSPS) is 18.3. The van der Waals surface area contributed by atoms with Gasteiger partial charge in [0, 0.05) is 12.5 Å². The first-order chi connectivity index (χ1) is 10.7. The maximum Gasteiger partial charge on any atom is 0.222 e. The van der Waals surface area contributed by atoms with E-state index in [2.05, 4.69) is 28.8 Å². The van der Waals surface area contributed by atoms with E-state index in [9.17, 15) is 4.79 Å². The molecule has 1 aliphatic heterocycles. The molecular formula is C19H22N2O. The van der Waals surface area contributed by atoms with Gasteiger partial charge in [-0.05, 0) is 36.6 Å². The predicted octanol–water partition coefficient (Wildman–Crippen LogP) is 3.14. The molecule has 0 saturated heterocycles. The number of hydrogen-bond donors (Lipinski definition) is 2. The molecular weight excluding hydrogens is 272 g/mol. The van der Waals surface area contributed by atoms with Crippen LogP contribution < -0.4 is 10.6 Å². The quantitative estimate of drug-likeness (QED) is 0.909. The third-order valence-electron chi connectivity index (χ3n) is 4.28. The average molecular weight is 294 g/mol. The molecule has 2 aromatic rings. The van der Waals surface area contributed by atoms with E-state index in [1.165, 1.54) is 11.1 Å². The van der Waals surface area contributed by atoms with Gasteiger partial charge in [0.25, 0.3) is 0 Å². The largest absolute Gasteiger partial charge is 0.350 e. The van der Waals surface area contributed by atoms with Crippen LogP contribution in [0.25, 0.3) is 0 Å². The van der Waals surface area contributed by atoms with E-state index < -0.39 is 0 Å². The minimum absolute atomic E-state index is 0.0348. The molecule has 1 aliphatic rings. The van der Waals surface area contributed by atoms with Gasteiger partial charge in [-0.1, -0.05) is 54.6 Å². The molecule has 3 rings (SSSR count). The highest BCUT2D eigenvalue weighted by atomic mass is 16.1. The highest BCUT2D eigenvalue weighted by Crippen LogP contribution is 2.25. The molecule has 0 aliphatic carbocycles. The Kier molecular flexibility index (Phi) is 4.54. The van der Waals surface area contributed by atoms with Gasteiger partial charge in [-0.25, -0.2) is 0 Å². The fourth-order valence-electron chi connectivity index (χ4n) is 3.09. The maximum atomic E-state index is 12.4. The van der Waals surface area contributed by atoms with Gasteiger partial charge >= 0.3 is 0 Å². The Morgan fingerprint density at radius 3 is 2.73 bits per heavy atom. The zero-order valence-electron chi connectivity index (χ0n) is 12.9. The number of carbonyl (C=O) groups excluding carboxylic acids is 1. The van der Waals surface area contributed by atoms with E-state index in [1.807, 2.05) is 43.3 Å². The van der Waals surface area contributed by atoms with Crippen molar-refractivity contribution >= 4 is 5.91 Å². The third kappa shape index (κ3) is 3.37. The van der Waals surface area contributed by atoms with Crippen molar-refractivity contribution in [3.63, 3.8) is 0 Å². The molecule has 1 amide bonds. The molecule has 0 bridgehead atoms. The summed E-state index contributed by atoms with van der Waals surface area (Å²) in [5, 5.41) is 6.55. The van der Waals surface area contributed by atoms with Gasteiger partial charge in [-0.2, -0.15) is 0 Å². The first kappa shape index (κ1) is 14.8. The van der Waals surface area contributed by atoms with Crippen LogP contribution in [0.3, 0.4) is 0 Å². The van der Waals surface area contributed by atoms with Gasteiger partial charge in [-0.15, -0.1) is 0 Å². The molecule has 22 heavy (non-hydrogen) atoms. The molecule has 0 radical (unpaired) electrons. The maximum absolute atomic E-state index is 12.4. The van der Waals surface area contributed by atoms with E-state index >= 15 is 0 Å². The van der Waals surface area contributed by atoms with E-state index in [4.69, 9.17) is 0 Å². The van der Waals surface area contributed by atoms with Crippen LogP contribution in [0.15, 0.2) is 54.6 Å². The Hall–Kier alpha value is -2.13. The zero-order chi connectivity index (χ0) is 15.4. The summed E-state index contributed by atoms with van der Waals surface area (Å²) >= 11 is 0. The summed E-state index contributed by atoms with van der Waals surface area (Å²) in [6.45, 7) is 2.96. The molecule has 2 unspecified atom stereocenters. The van der Waals surface area contributed by atoms with Crippen molar-refractivity contribution in [2.75, 3.05) is 6.54 Å². The lowest BCUT2D eigenvalue weighted by atomic mass is 9.92. The summed E-state index contributed by atoms with van der Waals surface area (Å²) in [5.41, 5.74) is 3.75. The lowest BCUT2D eigenvalue weighted by molar-refractivity contribution is -0.122. The van der Waals surface area contributed by atoms with Gasteiger partial charge < -0.3 is 10.6 Å². The molecule has 0 spiro atoms. The minimum Gasteiger partial charge on any atom is -0.350 e. The van der Waals surface area contributed by atoms with Crippen molar-refractivity contribution in [1.29, 1.82) is 0 Å². The molecule has 2 atom stereocenters. The van der Waals surface area contributed by atoms with Gasteiger partial charge in [-0.3, -0.25) is 4.79 Å². The third-order valence-corrected chi connectivity index (χ3v) is 4.28. The summed E-state index contributed by atoms with van der Waals surface area (Å²) < 4.78 is 0. The standard InChI is InChI=1S/C19H22N2O/c1-14(15-7-3-2-4-8-15)21-19(22)13-18-17-10-6-5-9-16(17)11-12-20-18/h2-10,14,18,20H,11-13H2,1H3,(H,21,22). The van der Waals surface area contributed by atoms with Crippen LogP contribution >= 0.6 is 0 Å². The number of fused-ring (bicyclic) bond motifs is 1. The first-order valence-electron chi connectivity index (χ1n) is 7.89. The summed E-state index contributed by atoms with van der Waals surface area (Å²) in [5.74, 6) is 0.0885. The Bertz CT molecular complexity index is 639. The van der Waals surface area contributed by atoms with Crippen LogP contribution in [0.1, 0.15) is 42.1 Å². The van der Waals surface area contributed by atoms with Crippen LogP contribution in [0, 0.1) is 0 Å². The number of hydrogen-bond acceptors (Lipinski definition) is 2. The molecule has 2 aromatic carbocycles. The monoisotopic (exact) mass is 294 g/mol. The molecule has 2 N–H and O–H groups in total. The number of rotatable bonds is 4. The summed E-state index contributed by atoms with van der Waals surface area (Å²) in [6, 6.07) is 18.6. The molecule has 1 heterocycles. The van der Waals surface area contributed by atoms with Crippen molar-refractivity contribution in [2.45, 2.75) is 31.8 Å². The molecule has 0 aromatic heterocycles. The van der Waals surface area contributed by atoms with Crippen molar-refractivity contribution in [1.82, 2.24) is 10.6 Å². The van der Waals surface area contributed by atoms with Crippen molar-refractivity contribution in [2.24, 2.45) is 0 Å². The fourth-order valence-corrected chi connectivity index (χ4v) is 3.09. The fraction of sp³-hybridized carbons (Fsp3) is 0.316. The summed E-state index contributed by atoms with van der Waals surface area (Å²) in [6.07, 6.45) is 1.52. The van der Waals surface area contributed by atoms with E-state index in [0.29, 0.717) is 6.42 Å². The van der Waals surface area contributed by atoms with E-state index in [-0.39, 0.29) is 18.0 Å². The van der Waals surface area contributed by atoms with Crippen LogP contribution in [0.5, 0.6) is 0 Å². The van der Waals surface area contributed by atoms with Crippen molar-refractivity contribution < 1.29 is 4.79 Å². The highest BCUT2D eigenvalue weighted by Gasteiger charge is 2.22.